The van der Waals surface area contributed by atoms with E-state index in [1.807, 2.05) is 30.1 Å². The van der Waals surface area contributed by atoms with Crippen LogP contribution in [0.1, 0.15) is 18.5 Å². The molecule has 0 spiro atoms. The third-order valence-electron chi connectivity index (χ3n) is 3.86. The second-order valence-corrected chi connectivity index (χ2v) is 5.74. The van der Waals surface area contributed by atoms with E-state index in [1.165, 1.54) is 0 Å². The lowest BCUT2D eigenvalue weighted by Gasteiger charge is -2.31. The monoisotopic (exact) mass is 299 g/mol. The average Bonchev–Trinajstić information content (AvgIpc) is 2.71. The van der Waals surface area contributed by atoms with Crippen molar-refractivity contribution in [1.82, 2.24) is 14.7 Å². The summed E-state index contributed by atoms with van der Waals surface area (Å²) in [5.74, 6) is -2.51. The smallest absolute Gasteiger partial charge is 0.250 e. The Morgan fingerprint density at radius 1 is 1.30 bits per heavy atom. The maximum atomic E-state index is 13.2. The van der Waals surface area contributed by atoms with Crippen LogP contribution in [-0.4, -0.2) is 33.7 Å². The summed E-state index contributed by atoms with van der Waals surface area (Å²) in [5, 5.41) is 6.07. The highest BCUT2D eigenvalue weighted by Crippen LogP contribution is 2.31. The van der Waals surface area contributed by atoms with Gasteiger partial charge in [0.05, 0.1) is 16.2 Å². The Morgan fingerprint density at radius 2 is 2.00 bits per heavy atom. The number of aromatic nitrogens is 2. The zero-order valence-electron chi connectivity index (χ0n) is 11.2. The molecule has 2 heterocycles. The second-order valence-electron chi connectivity index (χ2n) is 5.34. The zero-order valence-corrected chi connectivity index (χ0v) is 12.0. The average molecular weight is 300 g/mol. The summed E-state index contributed by atoms with van der Waals surface area (Å²) in [6.45, 7) is 1.36. The molecule has 1 fully saturated rings. The van der Waals surface area contributed by atoms with Crippen LogP contribution < -0.4 is 0 Å². The number of piperidine rings is 1. The Labute approximate surface area is 121 Å². The van der Waals surface area contributed by atoms with E-state index in [9.17, 15) is 8.78 Å². The highest BCUT2D eigenvalue weighted by atomic mass is 35.5. The first-order valence-electron chi connectivity index (χ1n) is 6.66. The number of alkyl halides is 2. The van der Waals surface area contributed by atoms with Crippen LogP contribution in [0.15, 0.2) is 18.2 Å². The minimum absolute atomic E-state index is 0.0779. The molecule has 0 saturated carbocycles. The maximum Gasteiger partial charge on any atom is 0.250 e. The number of hydrogen-bond acceptors (Lipinski definition) is 2. The number of hydrogen-bond donors (Lipinski definition) is 0. The van der Waals surface area contributed by atoms with Gasteiger partial charge >= 0.3 is 0 Å². The first-order valence-corrected chi connectivity index (χ1v) is 7.04. The van der Waals surface area contributed by atoms with E-state index in [4.69, 9.17) is 11.6 Å². The Balaban J connectivity index is 1.85. The molecular weight excluding hydrogens is 284 g/mol. The van der Waals surface area contributed by atoms with Crippen LogP contribution in [0, 0.1) is 0 Å². The minimum Gasteiger partial charge on any atom is -0.297 e. The molecule has 3 rings (SSSR count). The van der Waals surface area contributed by atoms with Gasteiger partial charge in [0.25, 0.3) is 5.92 Å². The van der Waals surface area contributed by atoms with E-state index in [0.29, 0.717) is 24.7 Å². The van der Waals surface area contributed by atoms with Crippen molar-refractivity contribution in [3.63, 3.8) is 0 Å². The number of fused-ring (bicyclic) bond motifs is 1. The summed E-state index contributed by atoms with van der Waals surface area (Å²) in [6.07, 6.45) is -0.156. The predicted octanol–water partition coefficient (Wildman–Crippen LogP) is 3.46. The third-order valence-corrected chi connectivity index (χ3v) is 4.18. The van der Waals surface area contributed by atoms with Gasteiger partial charge in [-0.1, -0.05) is 17.7 Å². The molecule has 1 saturated heterocycles. The van der Waals surface area contributed by atoms with Crippen molar-refractivity contribution >= 4 is 22.5 Å². The van der Waals surface area contributed by atoms with Crippen LogP contribution >= 0.6 is 11.6 Å². The molecule has 1 aliphatic rings. The number of rotatable bonds is 2. The van der Waals surface area contributed by atoms with Crippen LogP contribution in [0.5, 0.6) is 0 Å². The van der Waals surface area contributed by atoms with Gasteiger partial charge in [0, 0.05) is 44.9 Å². The molecule has 108 valence electrons. The SMILES string of the molecule is Cn1nc(CN2CCC(F)(F)CC2)c2c(Cl)cccc21. The normalized spacial score (nSPS) is 19.6. The van der Waals surface area contributed by atoms with Gasteiger partial charge in [-0.2, -0.15) is 5.10 Å². The van der Waals surface area contributed by atoms with Gasteiger partial charge in [-0.05, 0) is 12.1 Å². The number of aryl methyl sites for hydroxylation is 1. The van der Waals surface area contributed by atoms with Crippen molar-refractivity contribution in [3.05, 3.63) is 28.9 Å². The third kappa shape index (κ3) is 2.52. The molecule has 6 heteroatoms. The summed E-state index contributed by atoms with van der Waals surface area (Å²) in [6, 6.07) is 5.68. The fourth-order valence-electron chi connectivity index (χ4n) is 2.71. The predicted molar refractivity (Wildman–Crippen MR) is 75.2 cm³/mol. The van der Waals surface area contributed by atoms with Crippen LogP contribution in [0.2, 0.25) is 5.02 Å². The number of likely N-dealkylation sites (tertiary alicyclic amines) is 1. The maximum absolute atomic E-state index is 13.2. The lowest BCUT2D eigenvalue weighted by molar-refractivity contribution is -0.0567. The molecule has 1 aromatic carbocycles. The van der Waals surface area contributed by atoms with Crippen molar-refractivity contribution in [2.75, 3.05) is 13.1 Å². The van der Waals surface area contributed by atoms with Gasteiger partial charge in [0.2, 0.25) is 0 Å². The Bertz CT molecular complexity index is 629. The summed E-state index contributed by atoms with van der Waals surface area (Å²) >= 11 is 6.25. The molecular formula is C14H16ClF2N3. The number of halogens is 3. The molecule has 0 bridgehead atoms. The highest BCUT2D eigenvalue weighted by Gasteiger charge is 2.34. The lowest BCUT2D eigenvalue weighted by Crippen LogP contribution is -2.38. The zero-order chi connectivity index (χ0) is 14.3. The van der Waals surface area contributed by atoms with Gasteiger partial charge in [0.15, 0.2) is 0 Å². The summed E-state index contributed by atoms with van der Waals surface area (Å²) in [4.78, 5) is 2.02. The van der Waals surface area contributed by atoms with Crippen LogP contribution in [0.25, 0.3) is 10.9 Å². The molecule has 1 aromatic heterocycles. The first kappa shape index (κ1) is 13.8. The van der Waals surface area contributed by atoms with Crippen LogP contribution in [0.3, 0.4) is 0 Å². The summed E-state index contributed by atoms with van der Waals surface area (Å²) in [5.41, 5.74) is 1.83. The molecule has 0 N–H and O–H groups in total. The fraction of sp³-hybridized carbons (Fsp3) is 0.500. The van der Waals surface area contributed by atoms with E-state index in [-0.39, 0.29) is 12.8 Å². The van der Waals surface area contributed by atoms with Crippen LogP contribution in [0.4, 0.5) is 8.78 Å². The number of nitrogens with zero attached hydrogens (tertiary/aromatic N) is 3. The van der Waals surface area contributed by atoms with Gasteiger partial charge in [0.1, 0.15) is 0 Å². The Morgan fingerprint density at radius 3 is 2.70 bits per heavy atom. The van der Waals surface area contributed by atoms with Crippen molar-refractivity contribution < 1.29 is 8.78 Å². The lowest BCUT2D eigenvalue weighted by atomic mass is 10.1. The van der Waals surface area contributed by atoms with E-state index in [1.54, 1.807) is 4.68 Å². The molecule has 0 radical (unpaired) electrons. The molecule has 20 heavy (non-hydrogen) atoms. The second kappa shape index (κ2) is 4.97. The quantitative estimate of drug-likeness (QED) is 0.847. The first-order chi connectivity index (χ1) is 9.46. The molecule has 3 nitrogen and oxygen atoms in total. The standard InChI is InChI=1S/C14H16ClF2N3/c1-19-12-4-2-3-10(15)13(12)11(18-19)9-20-7-5-14(16,17)6-8-20/h2-4H,5-9H2,1H3. The van der Waals surface area contributed by atoms with Crippen molar-refractivity contribution in [1.29, 1.82) is 0 Å². The van der Waals surface area contributed by atoms with Crippen molar-refractivity contribution in [3.8, 4) is 0 Å². The minimum atomic E-state index is -2.51. The van der Waals surface area contributed by atoms with Gasteiger partial charge in [-0.25, -0.2) is 8.78 Å². The molecule has 0 amide bonds. The topological polar surface area (TPSA) is 21.1 Å². The molecule has 1 aliphatic heterocycles. The number of benzene rings is 1. The largest absolute Gasteiger partial charge is 0.297 e. The van der Waals surface area contributed by atoms with Crippen molar-refractivity contribution in [2.45, 2.75) is 25.3 Å². The Hall–Kier alpha value is -1.20. The summed E-state index contributed by atoms with van der Waals surface area (Å²) in [7, 11) is 1.87. The molecule has 0 unspecified atom stereocenters. The van der Waals surface area contributed by atoms with Gasteiger partial charge in [-0.3, -0.25) is 9.58 Å². The van der Waals surface area contributed by atoms with E-state index in [2.05, 4.69) is 5.10 Å². The summed E-state index contributed by atoms with van der Waals surface area (Å²) < 4.78 is 28.1. The van der Waals surface area contributed by atoms with Crippen molar-refractivity contribution in [2.24, 2.45) is 7.05 Å². The molecule has 2 aromatic rings. The molecule has 0 aliphatic carbocycles. The van der Waals surface area contributed by atoms with Gasteiger partial charge in [-0.15, -0.1) is 0 Å². The van der Waals surface area contributed by atoms with E-state index in [0.717, 1.165) is 16.6 Å². The highest BCUT2D eigenvalue weighted by molar-refractivity contribution is 6.35. The Kier molecular flexibility index (Phi) is 3.42. The van der Waals surface area contributed by atoms with Crippen LogP contribution in [-0.2, 0) is 13.6 Å². The van der Waals surface area contributed by atoms with E-state index >= 15 is 0 Å². The fourth-order valence-corrected chi connectivity index (χ4v) is 2.99. The van der Waals surface area contributed by atoms with E-state index < -0.39 is 5.92 Å². The van der Waals surface area contributed by atoms with Gasteiger partial charge < -0.3 is 0 Å². The molecule has 0 atom stereocenters.